The Balaban J connectivity index is 4.35. The highest BCUT2D eigenvalue weighted by Crippen LogP contribution is 2.18. The number of ether oxygens (including phenoxy) is 1. The zero-order valence-corrected chi connectivity index (χ0v) is 12.8. The minimum absolute atomic E-state index is 0.216. The second kappa shape index (κ2) is 10.2. The summed E-state index contributed by atoms with van der Waals surface area (Å²) in [7, 11) is 0. The molecule has 0 fully saturated rings. The van der Waals surface area contributed by atoms with Gasteiger partial charge in [0.15, 0.2) is 0 Å². The first-order valence-corrected chi connectivity index (χ1v) is 7.21. The van der Waals surface area contributed by atoms with E-state index in [9.17, 15) is 9.59 Å². The van der Waals surface area contributed by atoms with Gasteiger partial charge in [0.05, 0.1) is 6.61 Å². The first-order chi connectivity index (χ1) is 9.43. The van der Waals surface area contributed by atoms with Crippen LogP contribution in [0.2, 0.25) is 0 Å². The molecule has 4 nitrogen and oxygen atoms in total. The second-order valence-corrected chi connectivity index (χ2v) is 4.89. The maximum Gasteiger partial charge on any atom is 0.334 e. The molecule has 0 aliphatic rings. The number of carbonyl (C=O) groups excluding carboxylic acids is 1. The molecule has 0 aliphatic heterocycles. The van der Waals surface area contributed by atoms with Gasteiger partial charge in [0, 0.05) is 17.1 Å². The van der Waals surface area contributed by atoms with Gasteiger partial charge in [0.25, 0.3) is 0 Å². The molecule has 20 heavy (non-hydrogen) atoms. The summed E-state index contributed by atoms with van der Waals surface area (Å²) in [5, 5.41) is 8.86. The minimum Gasteiger partial charge on any atom is -0.478 e. The van der Waals surface area contributed by atoms with E-state index < -0.39 is 11.9 Å². The van der Waals surface area contributed by atoms with Crippen molar-refractivity contribution in [1.29, 1.82) is 0 Å². The monoisotopic (exact) mass is 282 g/mol. The number of hydrogen-bond donors (Lipinski definition) is 1. The van der Waals surface area contributed by atoms with Gasteiger partial charge in [-0.1, -0.05) is 45.8 Å². The lowest BCUT2D eigenvalue weighted by atomic mass is 9.95. The lowest BCUT2D eigenvalue weighted by molar-refractivity contribution is -0.139. The Bertz CT molecular complexity index is 369. The first kappa shape index (κ1) is 18.4. The molecule has 0 bridgehead atoms. The van der Waals surface area contributed by atoms with Gasteiger partial charge in [0.1, 0.15) is 0 Å². The third kappa shape index (κ3) is 7.12. The molecule has 0 radical (unpaired) electrons. The Morgan fingerprint density at radius 3 is 2.40 bits per heavy atom. The van der Waals surface area contributed by atoms with Crippen molar-refractivity contribution in [3.8, 4) is 0 Å². The fraction of sp³-hybridized carbons (Fsp3) is 0.625. The summed E-state index contributed by atoms with van der Waals surface area (Å²) in [6, 6.07) is 0. The molecule has 114 valence electrons. The highest BCUT2D eigenvalue weighted by molar-refractivity contribution is 5.90. The van der Waals surface area contributed by atoms with E-state index in [2.05, 4.69) is 13.5 Å². The highest BCUT2D eigenvalue weighted by Gasteiger charge is 2.18. The van der Waals surface area contributed by atoms with E-state index in [0.29, 0.717) is 18.6 Å². The van der Waals surface area contributed by atoms with Gasteiger partial charge in [-0.2, -0.15) is 0 Å². The van der Waals surface area contributed by atoms with Crippen LogP contribution in [0.5, 0.6) is 0 Å². The molecule has 1 atom stereocenters. The quantitative estimate of drug-likeness (QED) is 0.377. The SMILES string of the molecule is C=C(C(=O)OCCCCCC)C(C=C(C)C(=O)O)CC. The van der Waals surface area contributed by atoms with Crippen LogP contribution in [0.3, 0.4) is 0 Å². The van der Waals surface area contributed by atoms with Crippen molar-refractivity contribution in [2.24, 2.45) is 5.92 Å². The molecule has 0 rings (SSSR count). The molecule has 0 aromatic rings. The van der Waals surface area contributed by atoms with Crippen molar-refractivity contribution in [2.75, 3.05) is 6.61 Å². The van der Waals surface area contributed by atoms with Crippen molar-refractivity contribution in [3.63, 3.8) is 0 Å². The molecule has 0 saturated carbocycles. The predicted molar refractivity (Wildman–Crippen MR) is 79.4 cm³/mol. The number of carbonyl (C=O) groups is 2. The Hall–Kier alpha value is -1.58. The summed E-state index contributed by atoms with van der Waals surface area (Å²) in [6.07, 6.45) is 6.35. The molecule has 0 aromatic heterocycles. The van der Waals surface area contributed by atoms with Gasteiger partial charge in [-0.25, -0.2) is 9.59 Å². The summed E-state index contributed by atoms with van der Waals surface area (Å²) in [5.74, 6) is -1.69. The van der Waals surface area contributed by atoms with Gasteiger partial charge in [-0.15, -0.1) is 0 Å². The average molecular weight is 282 g/mol. The number of allylic oxidation sites excluding steroid dienone is 1. The molecule has 1 N–H and O–H groups in total. The topological polar surface area (TPSA) is 63.6 Å². The normalized spacial score (nSPS) is 12.8. The predicted octanol–water partition coefficient (Wildman–Crippen LogP) is 3.72. The lowest BCUT2D eigenvalue weighted by Crippen LogP contribution is -2.15. The molecule has 0 spiro atoms. The third-order valence-electron chi connectivity index (χ3n) is 3.17. The lowest BCUT2D eigenvalue weighted by Gasteiger charge is -2.14. The molecular weight excluding hydrogens is 256 g/mol. The number of esters is 1. The van der Waals surface area contributed by atoms with E-state index in [0.717, 1.165) is 25.7 Å². The van der Waals surface area contributed by atoms with Crippen LogP contribution in [-0.4, -0.2) is 23.7 Å². The van der Waals surface area contributed by atoms with Crippen molar-refractivity contribution in [2.45, 2.75) is 52.9 Å². The molecule has 0 aliphatic carbocycles. The number of unbranched alkanes of at least 4 members (excludes halogenated alkanes) is 3. The summed E-state index contributed by atoms with van der Waals surface area (Å²) in [4.78, 5) is 22.6. The smallest absolute Gasteiger partial charge is 0.334 e. The number of carboxylic acids is 1. The summed E-state index contributed by atoms with van der Waals surface area (Å²) < 4.78 is 5.16. The Labute approximate surface area is 121 Å². The molecule has 0 saturated heterocycles. The number of carboxylic acid groups (broad SMARTS) is 1. The van der Waals surface area contributed by atoms with E-state index in [1.807, 2.05) is 6.92 Å². The molecule has 4 heteroatoms. The van der Waals surface area contributed by atoms with Crippen LogP contribution >= 0.6 is 0 Å². The first-order valence-electron chi connectivity index (χ1n) is 7.21. The third-order valence-corrected chi connectivity index (χ3v) is 3.17. The van der Waals surface area contributed by atoms with E-state index in [-0.39, 0.29) is 11.5 Å². The van der Waals surface area contributed by atoms with E-state index >= 15 is 0 Å². The molecule has 0 heterocycles. The minimum atomic E-state index is -0.982. The van der Waals surface area contributed by atoms with Crippen LogP contribution < -0.4 is 0 Å². The molecule has 1 unspecified atom stereocenters. The van der Waals surface area contributed by atoms with Crippen LogP contribution in [0.1, 0.15) is 52.9 Å². The number of aliphatic carboxylic acids is 1. The average Bonchev–Trinajstić information content (AvgIpc) is 2.43. The maximum atomic E-state index is 11.8. The van der Waals surface area contributed by atoms with Gasteiger partial charge in [-0.05, 0) is 19.8 Å². The summed E-state index contributed by atoms with van der Waals surface area (Å²) >= 11 is 0. The van der Waals surface area contributed by atoms with Crippen LogP contribution in [-0.2, 0) is 14.3 Å². The largest absolute Gasteiger partial charge is 0.478 e. The van der Waals surface area contributed by atoms with Crippen LogP contribution in [0, 0.1) is 5.92 Å². The van der Waals surface area contributed by atoms with Crippen molar-refractivity contribution >= 4 is 11.9 Å². The Kier molecular flexibility index (Phi) is 9.43. The zero-order chi connectivity index (χ0) is 15.5. The van der Waals surface area contributed by atoms with E-state index in [1.54, 1.807) is 6.08 Å². The maximum absolute atomic E-state index is 11.8. The summed E-state index contributed by atoms with van der Waals surface area (Å²) in [6.45, 7) is 9.65. The van der Waals surface area contributed by atoms with Crippen LogP contribution in [0.15, 0.2) is 23.8 Å². The molecule has 0 aromatic carbocycles. The van der Waals surface area contributed by atoms with E-state index in [4.69, 9.17) is 9.84 Å². The van der Waals surface area contributed by atoms with Crippen LogP contribution in [0.25, 0.3) is 0 Å². The van der Waals surface area contributed by atoms with Gasteiger partial charge in [-0.3, -0.25) is 0 Å². The zero-order valence-electron chi connectivity index (χ0n) is 12.8. The van der Waals surface area contributed by atoms with Crippen molar-refractivity contribution in [1.82, 2.24) is 0 Å². The fourth-order valence-corrected chi connectivity index (χ4v) is 1.78. The summed E-state index contributed by atoms with van der Waals surface area (Å²) in [5.41, 5.74) is 0.539. The number of hydrogen-bond acceptors (Lipinski definition) is 3. The van der Waals surface area contributed by atoms with Crippen molar-refractivity contribution < 1.29 is 19.4 Å². The van der Waals surface area contributed by atoms with Crippen LogP contribution in [0.4, 0.5) is 0 Å². The van der Waals surface area contributed by atoms with Gasteiger partial charge >= 0.3 is 11.9 Å². The van der Waals surface area contributed by atoms with Gasteiger partial charge < -0.3 is 9.84 Å². The van der Waals surface area contributed by atoms with E-state index in [1.165, 1.54) is 6.92 Å². The van der Waals surface area contributed by atoms with Crippen molar-refractivity contribution in [3.05, 3.63) is 23.8 Å². The Morgan fingerprint density at radius 1 is 1.25 bits per heavy atom. The number of rotatable bonds is 10. The standard InChI is InChI=1S/C16H26O4/c1-5-7-8-9-10-20-16(19)13(4)14(6-2)11-12(3)15(17)18/h11,14H,4-10H2,1-3H3,(H,17,18). The van der Waals surface area contributed by atoms with Gasteiger partial charge in [0.2, 0.25) is 0 Å². The Morgan fingerprint density at radius 2 is 1.90 bits per heavy atom. The fourth-order valence-electron chi connectivity index (χ4n) is 1.78. The molecule has 0 amide bonds. The molecular formula is C16H26O4. The highest BCUT2D eigenvalue weighted by atomic mass is 16.5. The second-order valence-electron chi connectivity index (χ2n) is 4.89.